The van der Waals surface area contributed by atoms with Crippen molar-refractivity contribution in [2.75, 3.05) is 12.9 Å². The van der Waals surface area contributed by atoms with Gasteiger partial charge in [-0.1, -0.05) is 12.1 Å². The van der Waals surface area contributed by atoms with E-state index < -0.39 is 5.97 Å². The minimum Gasteiger partial charge on any atom is -0.454 e. The van der Waals surface area contributed by atoms with Gasteiger partial charge in [0.1, 0.15) is 0 Å². The number of rotatable bonds is 8. The fraction of sp³-hybridized carbons (Fsp3) is 0.211. The normalized spacial score (nSPS) is 10.7. The molecule has 1 heterocycles. The summed E-state index contributed by atoms with van der Waals surface area (Å²) in [6.07, 6.45) is 4.95. The molecule has 0 aliphatic rings. The lowest BCUT2D eigenvalue weighted by atomic mass is 10.2. The maximum Gasteiger partial charge on any atom is 0.331 e. The molecule has 0 saturated carbocycles. The first kappa shape index (κ1) is 19.9. The summed E-state index contributed by atoms with van der Waals surface area (Å²) in [5.41, 5.74) is 0.881. The maximum absolute atomic E-state index is 12.1. The van der Waals surface area contributed by atoms with Gasteiger partial charge in [0.25, 0.3) is 0 Å². The van der Waals surface area contributed by atoms with Gasteiger partial charge in [-0.2, -0.15) is 0 Å². The van der Waals surface area contributed by atoms with E-state index in [4.69, 9.17) is 4.74 Å². The van der Waals surface area contributed by atoms with Crippen LogP contribution in [0.25, 0.3) is 6.08 Å². The van der Waals surface area contributed by atoms with E-state index in [0.717, 1.165) is 15.3 Å². The zero-order chi connectivity index (χ0) is 18.9. The zero-order valence-electron chi connectivity index (χ0n) is 14.5. The highest BCUT2D eigenvalue weighted by Gasteiger charge is 2.11. The van der Waals surface area contributed by atoms with Gasteiger partial charge in [0, 0.05) is 22.8 Å². The molecular weight excluding hydrogens is 370 g/mol. The van der Waals surface area contributed by atoms with E-state index in [2.05, 4.69) is 5.32 Å². The molecule has 7 heteroatoms. The summed E-state index contributed by atoms with van der Waals surface area (Å²) in [6.45, 7) is 1.50. The minimum atomic E-state index is -0.567. The standard InChI is InChI=1S/C19H19NO4S2/c1-13(21)20-11-16-8-9-18(26-16)17(22)12-24-19(23)10-5-14-3-6-15(25-2)7-4-14/h3-10H,11-12H2,1-2H3,(H,20,21)/b10-5+. The van der Waals surface area contributed by atoms with E-state index in [1.54, 1.807) is 30.0 Å². The number of nitrogens with one attached hydrogen (secondary N) is 1. The summed E-state index contributed by atoms with van der Waals surface area (Å²) in [5, 5.41) is 2.67. The Hall–Kier alpha value is -2.38. The Morgan fingerprint density at radius 2 is 1.88 bits per heavy atom. The molecular formula is C19H19NO4S2. The second-order valence-electron chi connectivity index (χ2n) is 5.31. The minimum absolute atomic E-state index is 0.130. The molecule has 1 aromatic carbocycles. The average molecular weight is 389 g/mol. The second-order valence-corrected chi connectivity index (χ2v) is 7.36. The van der Waals surface area contributed by atoms with Crippen LogP contribution in [-0.2, 0) is 20.9 Å². The predicted molar refractivity (Wildman–Crippen MR) is 104 cm³/mol. The fourth-order valence-corrected chi connectivity index (χ4v) is 3.25. The summed E-state index contributed by atoms with van der Waals surface area (Å²) in [4.78, 5) is 37.2. The first-order chi connectivity index (χ1) is 12.5. The third-order valence-corrected chi connectivity index (χ3v) is 5.19. The number of Topliss-reactive ketones (excluding diaryl/α,β-unsaturated/α-hetero) is 1. The monoisotopic (exact) mass is 389 g/mol. The van der Waals surface area contributed by atoms with Crippen LogP contribution in [0.3, 0.4) is 0 Å². The van der Waals surface area contributed by atoms with E-state index in [9.17, 15) is 14.4 Å². The zero-order valence-corrected chi connectivity index (χ0v) is 16.1. The molecule has 0 saturated heterocycles. The summed E-state index contributed by atoms with van der Waals surface area (Å²) in [7, 11) is 0. The van der Waals surface area contributed by atoms with Gasteiger partial charge in [-0.05, 0) is 42.2 Å². The summed E-state index contributed by atoms with van der Waals surface area (Å²) >= 11 is 2.92. The molecule has 0 aliphatic carbocycles. The van der Waals surface area contributed by atoms with Crippen molar-refractivity contribution < 1.29 is 19.1 Å². The van der Waals surface area contributed by atoms with E-state index >= 15 is 0 Å². The van der Waals surface area contributed by atoms with Crippen LogP contribution in [0.1, 0.15) is 27.0 Å². The molecule has 1 amide bonds. The van der Waals surface area contributed by atoms with Gasteiger partial charge < -0.3 is 10.1 Å². The molecule has 0 aliphatic heterocycles. The van der Waals surface area contributed by atoms with Crippen LogP contribution in [0.5, 0.6) is 0 Å². The van der Waals surface area contributed by atoms with Crippen molar-refractivity contribution >= 4 is 46.8 Å². The third-order valence-electron chi connectivity index (χ3n) is 3.32. The number of carbonyl (C=O) groups is 3. The van der Waals surface area contributed by atoms with Gasteiger partial charge in [0.2, 0.25) is 11.7 Å². The second kappa shape index (κ2) is 9.94. The molecule has 0 bridgehead atoms. The topological polar surface area (TPSA) is 72.5 Å². The number of esters is 1. The number of hydrogen-bond acceptors (Lipinski definition) is 6. The summed E-state index contributed by atoms with van der Waals surface area (Å²) in [5.74, 6) is -0.965. The number of amides is 1. The van der Waals surface area contributed by atoms with Crippen LogP contribution in [0.4, 0.5) is 0 Å². The summed E-state index contributed by atoms with van der Waals surface area (Å²) < 4.78 is 4.99. The molecule has 2 rings (SSSR count). The average Bonchev–Trinajstić information content (AvgIpc) is 3.12. The van der Waals surface area contributed by atoms with Crippen LogP contribution in [0.15, 0.2) is 47.4 Å². The first-order valence-corrected chi connectivity index (χ1v) is 9.87. The molecule has 0 spiro atoms. The Morgan fingerprint density at radius 1 is 1.15 bits per heavy atom. The molecule has 1 N–H and O–H groups in total. The molecule has 0 atom stereocenters. The smallest absolute Gasteiger partial charge is 0.331 e. The van der Waals surface area contributed by atoms with E-state index in [-0.39, 0.29) is 18.3 Å². The van der Waals surface area contributed by atoms with Gasteiger partial charge >= 0.3 is 5.97 Å². The Kier molecular flexibility index (Phi) is 7.62. The number of ether oxygens (including phenoxy) is 1. The molecule has 0 unspecified atom stereocenters. The third kappa shape index (κ3) is 6.50. The number of ketones is 1. The Bertz CT molecular complexity index is 809. The number of thioether (sulfide) groups is 1. The van der Waals surface area contributed by atoms with Crippen LogP contribution in [-0.4, -0.2) is 30.5 Å². The van der Waals surface area contributed by atoms with Crippen LogP contribution in [0.2, 0.25) is 0 Å². The van der Waals surface area contributed by atoms with Crippen LogP contribution < -0.4 is 5.32 Å². The van der Waals surface area contributed by atoms with Gasteiger partial charge in [-0.25, -0.2) is 4.79 Å². The lowest BCUT2D eigenvalue weighted by molar-refractivity contribution is -0.136. The lowest BCUT2D eigenvalue weighted by Gasteiger charge is -2.00. The lowest BCUT2D eigenvalue weighted by Crippen LogP contribution is -2.18. The Morgan fingerprint density at radius 3 is 2.54 bits per heavy atom. The van der Waals surface area contributed by atoms with E-state index in [1.165, 1.54) is 24.3 Å². The van der Waals surface area contributed by atoms with Crippen molar-refractivity contribution in [1.29, 1.82) is 0 Å². The number of benzene rings is 1. The van der Waals surface area contributed by atoms with Gasteiger partial charge in [0.15, 0.2) is 6.61 Å². The van der Waals surface area contributed by atoms with Crippen molar-refractivity contribution in [1.82, 2.24) is 5.32 Å². The van der Waals surface area contributed by atoms with Crippen LogP contribution in [0, 0.1) is 0 Å². The summed E-state index contributed by atoms with van der Waals surface area (Å²) in [6, 6.07) is 11.2. The van der Waals surface area contributed by atoms with Crippen molar-refractivity contribution in [3.05, 3.63) is 57.8 Å². The van der Waals surface area contributed by atoms with Gasteiger partial charge in [-0.15, -0.1) is 23.1 Å². The molecule has 0 radical (unpaired) electrons. The van der Waals surface area contributed by atoms with Crippen LogP contribution >= 0.6 is 23.1 Å². The van der Waals surface area contributed by atoms with Gasteiger partial charge in [0.05, 0.1) is 11.4 Å². The molecule has 1 aromatic heterocycles. The molecule has 136 valence electrons. The predicted octanol–water partition coefficient (Wildman–Crippen LogP) is 3.55. The molecule has 0 fully saturated rings. The Balaban J connectivity index is 1.81. The number of thiophene rings is 1. The largest absolute Gasteiger partial charge is 0.454 e. The SMILES string of the molecule is CSc1ccc(/C=C/C(=O)OCC(=O)c2ccc(CNC(C)=O)s2)cc1. The number of hydrogen-bond donors (Lipinski definition) is 1. The van der Waals surface area contributed by atoms with Crippen molar-refractivity contribution in [2.24, 2.45) is 0 Å². The molecule has 5 nitrogen and oxygen atoms in total. The first-order valence-electron chi connectivity index (χ1n) is 7.83. The fourth-order valence-electron chi connectivity index (χ4n) is 1.97. The highest BCUT2D eigenvalue weighted by Crippen LogP contribution is 2.17. The Labute approximate surface area is 160 Å². The number of carbonyl (C=O) groups excluding carboxylic acids is 3. The molecule has 2 aromatic rings. The van der Waals surface area contributed by atoms with Crippen molar-refractivity contribution in [2.45, 2.75) is 18.4 Å². The quantitative estimate of drug-likeness (QED) is 0.324. The molecule has 26 heavy (non-hydrogen) atoms. The van der Waals surface area contributed by atoms with E-state index in [0.29, 0.717) is 11.4 Å². The maximum atomic E-state index is 12.1. The van der Waals surface area contributed by atoms with Crippen molar-refractivity contribution in [3.63, 3.8) is 0 Å². The highest BCUT2D eigenvalue weighted by atomic mass is 32.2. The highest BCUT2D eigenvalue weighted by molar-refractivity contribution is 7.98. The van der Waals surface area contributed by atoms with Gasteiger partial charge in [-0.3, -0.25) is 9.59 Å². The van der Waals surface area contributed by atoms with Crippen molar-refractivity contribution in [3.8, 4) is 0 Å². The van der Waals surface area contributed by atoms with E-state index in [1.807, 2.05) is 30.5 Å².